The van der Waals surface area contributed by atoms with Crippen molar-refractivity contribution in [2.75, 3.05) is 36.4 Å². The maximum absolute atomic E-state index is 13.5. The summed E-state index contributed by atoms with van der Waals surface area (Å²) in [5, 5.41) is 12.7. The predicted molar refractivity (Wildman–Crippen MR) is 99.4 cm³/mol. The van der Waals surface area contributed by atoms with Crippen LogP contribution in [0.5, 0.6) is 0 Å². The lowest BCUT2D eigenvalue weighted by Crippen LogP contribution is -2.43. The lowest BCUT2D eigenvalue weighted by atomic mass is 10.0. The van der Waals surface area contributed by atoms with Crippen molar-refractivity contribution in [3.8, 4) is 11.3 Å². The van der Waals surface area contributed by atoms with Gasteiger partial charge >= 0.3 is 6.18 Å². The van der Waals surface area contributed by atoms with Crippen molar-refractivity contribution in [2.45, 2.75) is 6.18 Å². The van der Waals surface area contributed by atoms with E-state index in [9.17, 15) is 13.2 Å². The molecular formula is C18H18F3N7. The van der Waals surface area contributed by atoms with E-state index in [4.69, 9.17) is 0 Å². The highest BCUT2D eigenvalue weighted by atomic mass is 19.4. The molecule has 3 aromatic rings. The van der Waals surface area contributed by atoms with Gasteiger partial charge < -0.3 is 15.5 Å². The molecule has 0 atom stereocenters. The zero-order valence-electron chi connectivity index (χ0n) is 14.8. The minimum Gasteiger partial charge on any atom is -0.369 e. The Morgan fingerprint density at radius 1 is 1.07 bits per heavy atom. The fourth-order valence-corrected chi connectivity index (χ4v) is 3.16. The van der Waals surface area contributed by atoms with Crippen LogP contribution in [-0.4, -0.2) is 46.3 Å². The van der Waals surface area contributed by atoms with Crippen molar-refractivity contribution in [1.29, 1.82) is 0 Å². The highest BCUT2D eigenvalue weighted by Crippen LogP contribution is 2.38. The van der Waals surface area contributed by atoms with E-state index in [0.717, 1.165) is 37.9 Å². The summed E-state index contributed by atoms with van der Waals surface area (Å²) in [5.74, 6) is 0.750. The third-order valence-corrected chi connectivity index (χ3v) is 4.46. The van der Waals surface area contributed by atoms with Gasteiger partial charge in [-0.1, -0.05) is 18.2 Å². The first kappa shape index (κ1) is 18.2. The lowest BCUT2D eigenvalue weighted by molar-refractivity contribution is -0.137. The van der Waals surface area contributed by atoms with E-state index >= 15 is 0 Å². The molecular weight excluding hydrogens is 371 g/mol. The average Bonchev–Trinajstić information content (AvgIpc) is 3.21. The van der Waals surface area contributed by atoms with Gasteiger partial charge in [-0.2, -0.15) is 23.3 Å². The number of aromatic nitrogens is 4. The van der Waals surface area contributed by atoms with E-state index in [1.807, 2.05) is 0 Å². The largest absolute Gasteiger partial charge is 0.417 e. The van der Waals surface area contributed by atoms with Gasteiger partial charge in [0.15, 0.2) is 0 Å². The Labute approximate surface area is 159 Å². The zero-order valence-corrected chi connectivity index (χ0v) is 14.8. The van der Waals surface area contributed by atoms with E-state index in [1.54, 1.807) is 18.2 Å². The molecule has 7 nitrogen and oxygen atoms in total. The average molecular weight is 389 g/mol. The lowest BCUT2D eigenvalue weighted by Gasteiger charge is -2.30. The molecule has 1 aliphatic rings. The SMILES string of the molecule is FC(F)(F)c1ccccc1-c1cc(N2CCNCC2)cc(Nc2ncn[nH]2)n1. The van der Waals surface area contributed by atoms with Crippen molar-refractivity contribution in [2.24, 2.45) is 0 Å². The third-order valence-electron chi connectivity index (χ3n) is 4.46. The van der Waals surface area contributed by atoms with Crippen LogP contribution in [0, 0.1) is 0 Å². The van der Waals surface area contributed by atoms with Gasteiger partial charge in [-0.25, -0.2) is 10.1 Å². The first-order chi connectivity index (χ1) is 13.5. The standard InChI is InChI=1S/C18H18F3N7/c19-18(20,21)14-4-2-1-3-13(14)15-9-12(28-7-5-22-6-8-28)10-16(25-15)26-17-23-11-24-27-17/h1-4,9-11,22H,5-8H2,(H2,23,24,25,26,27). The summed E-state index contributed by atoms with van der Waals surface area (Å²) >= 11 is 0. The predicted octanol–water partition coefficient (Wildman–Crippen LogP) is 3.04. The Morgan fingerprint density at radius 3 is 2.57 bits per heavy atom. The number of nitrogens with one attached hydrogen (secondary N) is 3. The molecule has 0 bridgehead atoms. The molecule has 1 fully saturated rings. The van der Waals surface area contributed by atoms with Crippen LogP contribution in [0.4, 0.5) is 30.6 Å². The number of hydrogen-bond acceptors (Lipinski definition) is 6. The molecule has 1 saturated heterocycles. The summed E-state index contributed by atoms with van der Waals surface area (Å²) in [7, 11) is 0. The number of nitrogens with zero attached hydrogens (tertiary/aromatic N) is 4. The van der Waals surface area contributed by atoms with Crippen LogP contribution in [0.15, 0.2) is 42.7 Å². The molecule has 0 unspecified atom stereocenters. The van der Waals surface area contributed by atoms with Gasteiger partial charge in [0, 0.05) is 43.5 Å². The molecule has 1 aliphatic heterocycles. The quantitative estimate of drug-likeness (QED) is 0.636. The summed E-state index contributed by atoms with van der Waals surface area (Å²) < 4.78 is 40.5. The molecule has 0 aliphatic carbocycles. The maximum Gasteiger partial charge on any atom is 0.417 e. The highest BCUT2D eigenvalue weighted by Gasteiger charge is 2.34. The summed E-state index contributed by atoms with van der Waals surface area (Å²) in [5.41, 5.74) is 0.356. The highest BCUT2D eigenvalue weighted by molar-refractivity contribution is 5.72. The molecule has 0 spiro atoms. The summed E-state index contributed by atoms with van der Waals surface area (Å²) in [4.78, 5) is 10.5. The van der Waals surface area contributed by atoms with Crippen LogP contribution < -0.4 is 15.5 Å². The van der Waals surface area contributed by atoms with Gasteiger partial charge in [-0.3, -0.25) is 0 Å². The van der Waals surface area contributed by atoms with Crippen molar-refractivity contribution in [3.05, 3.63) is 48.3 Å². The molecule has 28 heavy (non-hydrogen) atoms. The number of anilines is 3. The third kappa shape index (κ3) is 3.91. The van der Waals surface area contributed by atoms with Gasteiger partial charge in [-0.15, -0.1) is 0 Å². The minimum absolute atomic E-state index is 0.0348. The van der Waals surface area contributed by atoms with E-state index in [2.05, 4.69) is 35.7 Å². The number of pyridine rings is 1. The molecule has 0 saturated carbocycles. The molecule has 1 aromatic carbocycles. The second-order valence-corrected chi connectivity index (χ2v) is 6.34. The molecule has 3 heterocycles. The van der Waals surface area contributed by atoms with Crippen molar-refractivity contribution >= 4 is 17.5 Å². The number of halogens is 3. The Morgan fingerprint density at radius 2 is 1.86 bits per heavy atom. The van der Waals surface area contributed by atoms with Crippen LogP contribution in [0.25, 0.3) is 11.3 Å². The van der Waals surface area contributed by atoms with Gasteiger partial charge in [0.2, 0.25) is 5.95 Å². The monoisotopic (exact) mass is 389 g/mol. The molecule has 4 rings (SSSR count). The summed E-state index contributed by atoms with van der Waals surface area (Å²) in [6.07, 6.45) is -3.13. The molecule has 0 radical (unpaired) electrons. The second kappa shape index (κ2) is 7.47. The molecule has 3 N–H and O–H groups in total. The second-order valence-electron chi connectivity index (χ2n) is 6.34. The zero-order chi connectivity index (χ0) is 19.6. The van der Waals surface area contributed by atoms with E-state index in [0.29, 0.717) is 11.8 Å². The fourth-order valence-electron chi connectivity index (χ4n) is 3.16. The number of rotatable bonds is 4. The number of hydrogen-bond donors (Lipinski definition) is 3. The van der Waals surface area contributed by atoms with E-state index in [-0.39, 0.29) is 11.3 Å². The van der Waals surface area contributed by atoms with Crippen LogP contribution in [0.1, 0.15) is 5.56 Å². The number of H-pyrrole nitrogens is 1. The first-order valence-corrected chi connectivity index (χ1v) is 8.77. The number of alkyl halides is 3. The van der Waals surface area contributed by atoms with E-state index < -0.39 is 11.7 Å². The minimum atomic E-state index is -4.47. The van der Waals surface area contributed by atoms with Crippen LogP contribution in [0.2, 0.25) is 0 Å². The smallest absolute Gasteiger partial charge is 0.369 e. The summed E-state index contributed by atoms with van der Waals surface area (Å²) in [6.45, 7) is 3.13. The molecule has 146 valence electrons. The first-order valence-electron chi connectivity index (χ1n) is 8.77. The Balaban J connectivity index is 1.80. The van der Waals surface area contributed by atoms with Crippen molar-refractivity contribution in [1.82, 2.24) is 25.5 Å². The number of benzene rings is 1. The van der Waals surface area contributed by atoms with Gasteiger partial charge in [-0.05, 0) is 12.1 Å². The Kier molecular flexibility index (Phi) is 4.86. The van der Waals surface area contributed by atoms with Crippen molar-refractivity contribution in [3.63, 3.8) is 0 Å². The summed E-state index contributed by atoms with van der Waals surface area (Å²) in [6, 6.07) is 8.95. The van der Waals surface area contributed by atoms with Crippen LogP contribution >= 0.6 is 0 Å². The fraction of sp³-hybridized carbons (Fsp3) is 0.278. The Bertz CT molecular complexity index is 935. The topological polar surface area (TPSA) is 81.8 Å². The van der Waals surface area contributed by atoms with Crippen molar-refractivity contribution < 1.29 is 13.2 Å². The van der Waals surface area contributed by atoms with Gasteiger partial charge in [0.25, 0.3) is 0 Å². The van der Waals surface area contributed by atoms with Crippen LogP contribution in [0.3, 0.4) is 0 Å². The molecule has 2 aromatic heterocycles. The number of piperazine rings is 1. The van der Waals surface area contributed by atoms with Gasteiger partial charge in [0.05, 0.1) is 11.3 Å². The number of aromatic amines is 1. The van der Waals surface area contributed by atoms with Gasteiger partial charge in [0.1, 0.15) is 12.1 Å². The van der Waals surface area contributed by atoms with Crippen LogP contribution in [-0.2, 0) is 6.18 Å². The molecule has 0 amide bonds. The van der Waals surface area contributed by atoms with E-state index in [1.165, 1.54) is 18.5 Å². The normalized spacial score (nSPS) is 14.9. The maximum atomic E-state index is 13.5. The Hall–Kier alpha value is -3.14. The molecule has 10 heteroatoms.